The third-order valence-corrected chi connectivity index (χ3v) is 5.29. The summed E-state index contributed by atoms with van der Waals surface area (Å²) < 4.78 is 18.9. The minimum atomic E-state index is -0.305. The average Bonchev–Trinajstić information content (AvgIpc) is 3.16. The van der Waals surface area contributed by atoms with Crippen LogP contribution in [0.4, 0.5) is 9.18 Å². The van der Waals surface area contributed by atoms with Gasteiger partial charge in [-0.2, -0.15) is 5.10 Å². The van der Waals surface area contributed by atoms with Gasteiger partial charge in [0.2, 0.25) is 0 Å². The van der Waals surface area contributed by atoms with Crippen molar-refractivity contribution in [1.82, 2.24) is 9.91 Å². The third-order valence-electron chi connectivity index (χ3n) is 5.03. The van der Waals surface area contributed by atoms with Crippen LogP contribution in [-0.4, -0.2) is 40.8 Å². The maximum atomic E-state index is 13.0. The lowest BCUT2D eigenvalue weighted by molar-refractivity contribution is -0.0197. The van der Waals surface area contributed by atoms with Gasteiger partial charge in [-0.1, -0.05) is 23.7 Å². The normalized spacial score (nSPS) is 24.0. The Balaban J connectivity index is 1.40. The number of amides is 2. The number of hydrazone groups is 1. The molecule has 1 unspecified atom stereocenters. The summed E-state index contributed by atoms with van der Waals surface area (Å²) in [7, 11) is 0. The van der Waals surface area contributed by atoms with Crippen molar-refractivity contribution in [3.05, 3.63) is 64.9 Å². The second-order valence-corrected chi connectivity index (χ2v) is 7.17. The molecule has 0 saturated carbocycles. The second kappa shape index (κ2) is 7.19. The van der Waals surface area contributed by atoms with E-state index in [4.69, 9.17) is 16.3 Å². The van der Waals surface area contributed by atoms with Gasteiger partial charge in [0.25, 0.3) is 0 Å². The highest BCUT2D eigenvalue weighted by atomic mass is 35.5. The molecule has 4 rings (SSSR count). The zero-order valence-electron chi connectivity index (χ0n) is 14.8. The summed E-state index contributed by atoms with van der Waals surface area (Å²) in [4.78, 5) is 14.7. The van der Waals surface area contributed by atoms with E-state index in [0.717, 1.165) is 5.56 Å². The molecule has 0 radical (unpaired) electrons. The van der Waals surface area contributed by atoms with Gasteiger partial charge in [0, 0.05) is 17.7 Å². The van der Waals surface area contributed by atoms with Gasteiger partial charge in [-0.05, 0) is 48.9 Å². The molecular formula is C20H19ClFN3O2. The molecular weight excluding hydrogens is 369 g/mol. The van der Waals surface area contributed by atoms with Crippen LogP contribution in [0.15, 0.2) is 53.6 Å². The predicted octanol–water partition coefficient (Wildman–Crippen LogP) is 4.48. The number of nitrogens with zero attached hydrogens (tertiary/aromatic N) is 3. The minimum Gasteiger partial charge on any atom is -0.486 e. The molecule has 5 nitrogen and oxygen atoms in total. The molecule has 2 aromatic carbocycles. The van der Waals surface area contributed by atoms with Crippen molar-refractivity contribution < 1.29 is 13.9 Å². The summed E-state index contributed by atoms with van der Waals surface area (Å²) in [5, 5.41) is 6.46. The summed E-state index contributed by atoms with van der Waals surface area (Å²) in [6.45, 7) is 2.41. The molecule has 2 heterocycles. The summed E-state index contributed by atoms with van der Waals surface area (Å²) in [6, 6.07) is 13.0. The van der Waals surface area contributed by atoms with E-state index in [1.165, 1.54) is 17.1 Å². The van der Waals surface area contributed by atoms with E-state index >= 15 is 0 Å². The van der Waals surface area contributed by atoms with Crippen LogP contribution >= 0.6 is 11.6 Å². The number of likely N-dealkylation sites (tertiary alicyclic amines) is 1. The van der Waals surface area contributed by atoms with E-state index in [2.05, 4.69) is 5.10 Å². The lowest BCUT2D eigenvalue weighted by Gasteiger charge is -2.46. The number of halogens is 2. The zero-order valence-corrected chi connectivity index (χ0v) is 15.5. The van der Waals surface area contributed by atoms with Crippen LogP contribution in [0.25, 0.3) is 0 Å². The lowest BCUT2D eigenvalue weighted by atomic mass is 10.0. The van der Waals surface area contributed by atoms with Crippen LogP contribution in [0.3, 0.4) is 0 Å². The SMILES string of the molecule is C[C@@H]1[C@@H](Oc2ccc(F)cc2)CN1C(=O)N1N=CCC1c1ccc(Cl)cc1. The molecule has 7 heteroatoms. The third kappa shape index (κ3) is 3.49. The number of rotatable bonds is 3. The van der Waals surface area contributed by atoms with Gasteiger partial charge in [-0.3, -0.25) is 0 Å². The Kier molecular flexibility index (Phi) is 4.74. The number of carbonyl (C=O) groups excluding carboxylic acids is 1. The van der Waals surface area contributed by atoms with Crippen LogP contribution in [0, 0.1) is 5.82 Å². The van der Waals surface area contributed by atoms with Gasteiger partial charge in [-0.15, -0.1) is 0 Å². The first kappa shape index (κ1) is 17.8. The van der Waals surface area contributed by atoms with E-state index in [9.17, 15) is 9.18 Å². The quantitative estimate of drug-likeness (QED) is 0.779. The van der Waals surface area contributed by atoms with Crippen molar-refractivity contribution in [2.24, 2.45) is 5.10 Å². The van der Waals surface area contributed by atoms with Crippen molar-refractivity contribution in [3.8, 4) is 5.75 Å². The Bertz CT molecular complexity index is 857. The monoisotopic (exact) mass is 387 g/mol. The van der Waals surface area contributed by atoms with Crippen LogP contribution in [0.1, 0.15) is 24.9 Å². The summed E-state index contributed by atoms with van der Waals surface area (Å²) in [5.74, 6) is 0.291. The lowest BCUT2D eigenvalue weighted by Crippen LogP contribution is -2.64. The Labute approximate surface area is 162 Å². The van der Waals surface area contributed by atoms with Crippen molar-refractivity contribution in [1.29, 1.82) is 0 Å². The highest BCUT2D eigenvalue weighted by Gasteiger charge is 2.44. The van der Waals surface area contributed by atoms with Crippen molar-refractivity contribution in [3.63, 3.8) is 0 Å². The van der Waals surface area contributed by atoms with Crippen LogP contribution in [0.2, 0.25) is 5.02 Å². The smallest absolute Gasteiger partial charge is 0.341 e. The van der Waals surface area contributed by atoms with Gasteiger partial charge in [0.05, 0.1) is 18.6 Å². The standard InChI is InChI=1S/C20H19ClFN3O2/c1-13-19(27-17-8-6-16(22)7-9-17)12-24(13)20(26)25-18(10-11-23-25)14-2-4-15(21)5-3-14/h2-9,11,13,18-19H,10,12H2,1H3/t13-,18?,19+/m1/s1. The second-order valence-electron chi connectivity index (χ2n) is 6.73. The summed E-state index contributed by atoms with van der Waals surface area (Å²) in [6.07, 6.45) is 2.30. The molecule has 0 N–H and O–H groups in total. The Morgan fingerprint density at radius 1 is 1.19 bits per heavy atom. The molecule has 2 aliphatic rings. The highest BCUT2D eigenvalue weighted by molar-refractivity contribution is 6.30. The Morgan fingerprint density at radius 2 is 1.89 bits per heavy atom. The molecule has 0 aliphatic carbocycles. The largest absolute Gasteiger partial charge is 0.486 e. The number of benzene rings is 2. The Hall–Kier alpha value is -2.60. The number of hydrogen-bond donors (Lipinski definition) is 0. The topological polar surface area (TPSA) is 45.1 Å². The van der Waals surface area contributed by atoms with E-state index < -0.39 is 0 Å². The number of ether oxygens (including phenoxy) is 1. The van der Waals surface area contributed by atoms with Gasteiger partial charge in [-0.25, -0.2) is 14.2 Å². The summed E-state index contributed by atoms with van der Waals surface area (Å²) >= 11 is 5.95. The molecule has 140 valence electrons. The molecule has 2 aliphatic heterocycles. The van der Waals surface area contributed by atoms with E-state index in [1.54, 1.807) is 23.2 Å². The predicted molar refractivity (Wildman–Crippen MR) is 102 cm³/mol. The fraction of sp³-hybridized carbons (Fsp3) is 0.300. The first-order valence-electron chi connectivity index (χ1n) is 8.83. The Morgan fingerprint density at radius 3 is 2.56 bits per heavy atom. The average molecular weight is 388 g/mol. The van der Waals surface area contributed by atoms with Crippen molar-refractivity contribution in [2.75, 3.05) is 6.54 Å². The molecule has 2 amide bonds. The van der Waals surface area contributed by atoms with Crippen LogP contribution in [-0.2, 0) is 0 Å². The maximum Gasteiger partial charge on any atom is 0.341 e. The molecule has 1 saturated heterocycles. The highest BCUT2D eigenvalue weighted by Crippen LogP contribution is 2.33. The molecule has 0 spiro atoms. The van der Waals surface area contributed by atoms with Crippen LogP contribution < -0.4 is 4.74 Å². The minimum absolute atomic E-state index is 0.0933. The fourth-order valence-electron chi connectivity index (χ4n) is 3.34. The summed E-state index contributed by atoms with van der Waals surface area (Å²) in [5.41, 5.74) is 0.998. The van der Waals surface area contributed by atoms with Crippen molar-refractivity contribution in [2.45, 2.75) is 31.5 Å². The number of hydrogen-bond acceptors (Lipinski definition) is 3. The van der Waals surface area contributed by atoms with Crippen LogP contribution in [0.5, 0.6) is 5.75 Å². The van der Waals surface area contributed by atoms with Gasteiger partial charge >= 0.3 is 6.03 Å². The molecule has 27 heavy (non-hydrogen) atoms. The number of urea groups is 1. The van der Waals surface area contributed by atoms with Gasteiger partial charge in [0.1, 0.15) is 17.7 Å². The van der Waals surface area contributed by atoms with Crippen molar-refractivity contribution >= 4 is 23.8 Å². The fourth-order valence-corrected chi connectivity index (χ4v) is 3.47. The zero-order chi connectivity index (χ0) is 19.0. The van der Waals surface area contributed by atoms with E-state index in [-0.39, 0.29) is 30.0 Å². The van der Waals surface area contributed by atoms with E-state index in [0.29, 0.717) is 23.7 Å². The molecule has 0 bridgehead atoms. The first-order valence-corrected chi connectivity index (χ1v) is 9.20. The first-order chi connectivity index (χ1) is 13.0. The number of carbonyl (C=O) groups is 1. The van der Waals surface area contributed by atoms with Gasteiger partial charge in [0.15, 0.2) is 0 Å². The molecule has 0 aromatic heterocycles. The van der Waals surface area contributed by atoms with Gasteiger partial charge < -0.3 is 9.64 Å². The van der Waals surface area contributed by atoms with E-state index in [1.807, 2.05) is 31.2 Å². The molecule has 1 fully saturated rings. The molecule has 2 aromatic rings. The maximum absolute atomic E-state index is 13.0. The molecule has 3 atom stereocenters.